The fourth-order valence-electron chi connectivity index (χ4n) is 0.945. The van der Waals surface area contributed by atoms with E-state index < -0.39 is 0 Å². The molecule has 0 amide bonds. The van der Waals surface area contributed by atoms with Crippen molar-refractivity contribution in [3.8, 4) is 11.8 Å². The van der Waals surface area contributed by atoms with Crippen molar-refractivity contribution >= 4 is 0 Å². The van der Waals surface area contributed by atoms with Crippen LogP contribution >= 0.6 is 0 Å². The van der Waals surface area contributed by atoms with Gasteiger partial charge in [-0.1, -0.05) is 39.0 Å². The fraction of sp³-hybridized carbons (Fsp3) is 0.750. The van der Waals surface area contributed by atoms with Crippen LogP contribution in [0.3, 0.4) is 0 Å². The molecule has 1 radical (unpaired) electrons. The number of hydrogen-bond acceptors (Lipinski definition) is 1. The van der Waals surface area contributed by atoms with E-state index in [9.17, 15) is 0 Å². The molecule has 0 saturated carbocycles. The van der Waals surface area contributed by atoms with E-state index in [4.69, 9.17) is 4.74 Å². The Balaban J connectivity index is 2.96. The molecule has 0 aromatic heterocycles. The lowest BCUT2D eigenvalue weighted by Gasteiger charge is -1.98. The summed E-state index contributed by atoms with van der Waals surface area (Å²) in [7, 11) is 0. The first-order valence-electron chi connectivity index (χ1n) is 5.24. The van der Waals surface area contributed by atoms with Crippen LogP contribution < -0.4 is 0 Å². The first-order valence-corrected chi connectivity index (χ1v) is 5.24. The number of hydrogen-bond donors (Lipinski definition) is 0. The van der Waals surface area contributed by atoms with Gasteiger partial charge in [0.2, 0.25) is 0 Å². The van der Waals surface area contributed by atoms with Crippen molar-refractivity contribution in [2.45, 2.75) is 45.4 Å². The highest BCUT2D eigenvalue weighted by molar-refractivity contribution is 4.98. The smallest absolute Gasteiger partial charge is 0.107 e. The minimum Gasteiger partial charge on any atom is -0.369 e. The molecule has 1 heteroatoms. The second-order valence-electron chi connectivity index (χ2n) is 3.07. The van der Waals surface area contributed by atoms with E-state index in [1.165, 1.54) is 12.8 Å². The predicted molar refractivity (Wildman–Crippen MR) is 57.3 cm³/mol. The average Bonchev–Trinajstić information content (AvgIpc) is 2.16. The van der Waals surface area contributed by atoms with Gasteiger partial charge < -0.3 is 4.74 Å². The van der Waals surface area contributed by atoms with Gasteiger partial charge in [-0.3, -0.25) is 0 Å². The molecule has 13 heavy (non-hydrogen) atoms. The second kappa shape index (κ2) is 11.5. The standard InChI is InChI=1S/C12H21O/c1-3-5-7-9-11-13-12-10-8-6-4-2/h1,3-7,9,11-12H2,2H3. The highest BCUT2D eigenvalue weighted by Gasteiger charge is 1.86. The van der Waals surface area contributed by atoms with Crippen molar-refractivity contribution in [2.75, 3.05) is 13.2 Å². The van der Waals surface area contributed by atoms with E-state index in [0.717, 1.165) is 32.3 Å². The zero-order chi connectivity index (χ0) is 9.78. The lowest BCUT2D eigenvalue weighted by molar-refractivity contribution is 0.162. The van der Waals surface area contributed by atoms with Gasteiger partial charge in [0.05, 0.1) is 0 Å². The lowest BCUT2D eigenvalue weighted by Crippen LogP contribution is -1.94. The molecule has 0 aliphatic rings. The van der Waals surface area contributed by atoms with Crippen molar-refractivity contribution < 1.29 is 4.74 Å². The monoisotopic (exact) mass is 181 g/mol. The molecule has 0 unspecified atom stereocenters. The van der Waals surface area contributed by atoms with Gasteiger partial charge in [0.1, 0.15) is 6.61 Å². The van der Waals surface area contributed by atoms with Crippen molar-refractivity contribution in [3.05, 3.63) is 6.92 Å². The normalized spacial score (nSPS) is 9.38. The van der Waals surface area contributed by atoms with E-state index in [1.807, 2.05) is 0 Å². The first-order chi connectivity index (χ1) is 6.41. The summed E-state index contributed by atoms with van der Waals surface area (Å²) in [5.41, 5.74) is 0. The van der Waals surface area contributed by atoms with Crippen LogP contribution in [0.4, 0.5) is 0 Å². The fourth-order valence-corrected chi connectivity index (χ4v) is 0.945. The van der Waals surface area contributed by atoms with Crippen LogP contribution in [0, 0.1) is 18.8 Å². The van der Waals surface area contributed by atoms with Crippen LogP contribution in [0.15, 0.2) is 0 Å². The summed E-state index contributed by atoms with van der Waals surface area (Å²) in [5, 5.41) is 0. The second-order valence-corrected chi connectivity index (χ2v) is 3.07. The maximum Gasteiger partial charge on any atom is 0.107 e. The Morgan fingerprint density at radius 1 is 1.15 bits per heavy atom. The van der Waals surface area contributed by atoms with Crippen molar-refractivity contribution in [3.63, 3.8) is 0 Å². The van der Waals surface area contributed by atoms with Gasteiger partial charge in [0.15, 0.2) is 0 Å². The summed E-state index contributed by atoms with van der Waals surface area (Å²) in [6.45, 7) is 7.37. The Bertz CT molecular complexity index is 141. The summed E-state index contributed by atoms with van der Waals surface area (Å²) in [6.07, 6.45) is 6.75. The largest absolute Gasteiger partial charge is 0.369 e. The average molecular weight is 181 g/mol. The molecule has 0 aliphatic carbocycles. The van der Waals surface area contributed by atoms with E-state index >= 15 is 0 Å². The molecular formula is C12H21O. The molecule has 0 aromatic rings. The zero-order valence-electron chi connectivity index (χ0n) is 8.77. The highest BCUT2D eigenvalue weighted by Crippen LogP contribution is 1.98. The maximum absolute atomic E-state index is 5.33. The van der Waals surface area contributed by atoms with E-state index in [-0.39, 0.29) is 0 Å². The van der Waals surface area contributed by atoms with Crippen LogP contribution in [0.1, 0.15) is 45.4 Å². The lowest BCUT2D eigenvalue weighted by atomic mass is 10.2. The van der Waals surface area contributed by atoms with Crippen LogP contribution in [-0.4, -0.2) is 13.2 Å². The first kappa shape index (κ1) is 12.5. The number of ether oxygens (including phenoxy) is 1. The third-order valence-electron chi connectivity index (χ3n) is 1.71. The molecule has 0 aromatic carbocycles. The van der Waals surface area contributed by atoms with E-state index in [1.54, 1.807) is 0 Å². The quantitative estimate of drug-likeness (QED) is 0.433. The third kappa shape index (κ3) is 11.5. The Morgan fingerprint density at radius 3 is 2.69 bits per heavy atom. The Hall–Kier alpha value is -0.480. The van der Waals surface area contributed by atoms with Crippen LogP contribution in [0.25, 0.3) is 0 Å². The van der Waals surface area contributed by atoms with Crippen LogP contribution in [0.2, 0.25) is 0 Å². The summed E-state index contributed by atoms with van der Waals surface area (Å²) in [4.78, 5) is 0. The molecule has 0 spiro atoms. The topological polar surface area (TPSA) is 9.23 Å². The summed E-state index contributed by atoms with van der Waals surface area (Å²) < 4.78 is 5.33. The molecule has 0 atom stereocenters. The zero-order valence-corrected chi connectivity index (χ0v) is 8.77. The number of rotatable bonds is 7. The minimum atomic E-state index is 0.602. The molecule has 0 saturated heterocycles. The molecule has 75 valence electrons. The molecule has 0 N–H and O–H groups in total. The van der Waals surface area contributed by atoms with Gasteiger partial charge in [-0.15, -0.1) is 5.92 Å². The van der Waals surface area contributed by atoms with Gasteiger partial charge in [-0.05, 0) is 12.8 Å². The molecule has 0 heterocycles. The number of unbranched alkanes of at least 4 members (excludes halogenated alkanes) is 4. The van der Waals surface area contributed by atoms with Crippen LogP contribution in [0.5, 0.6) is 0 Å². The van der Waals surface area contributed by atoms with Gasteiger partial charge in [-0.2, -0.15) is 0 Å². The van der Waals surface area contributed by atoms with Gasteiger partial charge in [-0.25, -0.2) is 0 Å². The summed E-state index contributed by atoms with van der Waals surface area (Å²) in [6, 6.07) is 0. The Labute approximate surface area is 82.9 Å². The summed E-state index contributed by atoms with van der Waals surface area (Å²) >= 11 is 0. The SMILES string of the molecule is [CH2]CCCCCOCC#CCCC. The van der Waals surface area contributed by atoms with E-state index in [0.29, 0.717) is 6.61 Å². The molecule has 0 aliphatic heterocycles. The third-order valence-corrected chi connectivity index (χ3v) is 1.71. The van der Waals surface area contributed by atoms with Gasteiger partial charge in [0.25, 0.3) is 0 Å². The maximum atomic E-state index is 5.33. The molecule has 0 bridgehead atoms. The Morgan fingerprint density at radius 2 is 2.00 bits per heavy atom. The van der Waals surface area contributed by atoms with Gasteiger partial charge >= 0.3 is 0 Å². The molecule has 0 rings (SSSR count). The summed E-state index contributed by atoms with van der Waals surface area (Å²) in [5.74, 6) is 6.04. The van der Waals surface area contributed by atoms with Gasteiger partial charge in [0, 0.05) is 13.0 Å². The molecule has 0 fully saturated rings. The highest BCUT2D eigenvalue weighted by atomic mass is 16.5. The van der Waals surface area contributed by atoms with Crippen LogP contribution in [-0.2, 0) is 4.74 Å². The Kier molecular flexibility index (Phi) is 11.1. The minimum absolute atomic E-state index is 0.602. The molecular weight excluding hydrogens is 160 g/mol. The predicted octanol–water partition coefficient (Wildman–Crippen LogP) is 3.20. The van der Waals surface area contributed by atoms with E-state index in [2.05, 4.69) is 25.7 Å². The van der Waals surface area contributed by atoms with Crippen molar-refractivity contribution in [2.24, 2.45) is 0 Å². The van der Waals surface area contributed by atoms with Crippen molar-refractivity contribution in [1.29, 1.82) is 0 Å². The van der Waals surface area contributed by atoms with Crippen molar-refractivity contribution in [1.82, 2.24) is 0 Å². The molecule has 1 nitrogen and oxygen atoms in total.